The number of aliphatic hydroxyl groups is 1. The molecule has 7 atom stereocenters. The Morgan fingerprint density at radius 3 is 2.16 bits per heavy atom. The van der Waals surface area contributed by atoms with Crippen molar-refractivity contribution in [3.8, 4) is 17.2 Å². The van der Waals surface area contributed by atoms with Crippen molar-refractivity contribution in [3.63, 3.8) is 0 Å². The van der Waals surface area contributed by atoms with E-state index < -0.39 is 71.2 Å². The number of phenolic OH excluding ortho intramolecular Hbond substituents is 2. The van der Waals surface area contributed by atoms with Crippen molar-refractivity contribution in [2.24, 2.45) is 39.6 Å². The molecule has 0 saturated carbocycles. The van der Waals surface area contributed by atoms with Gasteiger partial charge in [-0.15, -0.1) is 0 Å². The van der Waals surface area contributed by atoms with E-state index in [9.17, 15) is 34.5 Å². The predicted octanol–water partition coefficient (Wildman–Crippen LogP) is 8.89. The Morgan fingerprint density at radius 2 is 1.53 bits per heavy atom. The van der Waals surface area contributed by atoms with Crippen LogP contribution >= 0.6 is 0 Å². The molecule has 9 rings (SSSR count). The second kappa shape index (κ2) is 21.3. The van der Waals surface area contributed by atoms with E-state index >= 15 is 0 Å². The van der Waals surface area contributed by atoms with Crippen LogP contribution in [0.5, 0.6) is 17.2 Å². The third-order valence-corrected chi connectivity index (χ3v) is 14.8. The number of hydrogen-bond donors (Lipinski definition) is 4. The normalized spacial score (nSPS) is 27.0. The maximum atomic E-state index is 14.9. The van der Waals surface area contributed by atoms with Gasteiger partial charge in [0.25, 0.3) is 11.7 Å². The van der Waals surface area contributed by atoms with Crippen molar-refractivity contribution < 1.29 is 48.7 Å². The van der Waals surface area contributed by atoms with Crippen molar-refractivity contribution in [1.82, 2.24) is 4.90 Å². The topological polar surface area (TPSA) is 200 Å². The molecule has 5 aliphatic heterocycles. The highest BCUT2D eigenvalue weighted by atomic mass is 16.7. The van der Waals surface area contributed by atoms with Gasteiger partial charge in [-0.25, -0.2) is 0 Å². The zero-order valence-corrected chi connectivity index (χ0v) is 43.3. The molecule has 386 valence electrons. The summed E-state index contributed by atoms with van der Waals surface area (Å²) >= 11 is 0. The van der Waals surface area contributed by atoms with Gasteiger partial charge in [-0.05, 0) is 80.7 Å². The summed E-state index contributed by atoms with van der Waals surface area (Å²) < 4.78 is 18.8. The van der Waals surface area contributed by atoms with Crippen LogP contribution in [0.3, 0.4) is 0 Å². The van der Waals surface area contributed by atoms with Gasteiger partial charge in [0.1, 0.15) is 35.1 Å². The highest BCUT2D eigenvalue weighted by Gasteiger charge is 2.50. The van der Waals surface area contributed by atoms with Gasteiger partial charge in [-0.1, -0.05) is 96.2 Å². The molecule has 1 saturated heterocycles. The van der Waals surface area contributed by atoms with Crippen LogP contribution < -0.4 is 25.7 Å². The van der Waals surface area contributed by atoms with Crippen LogP contribution in [0, 0.1) is 36.5 Å². The molecule has 73 heavy (non-hydrogen) atoms. The monoisotopic (exact) mass is 996 g/mol. The molecule has 0 aliphatic carbocycles. The number of rotatable bonds is 7. The Hall–Kier alpha value is -6.84. The fourth-order valence-corrected chi connectivity index (χ4v) is 10.8. The Kier molecular flexibility index (Phi) is 15.3. The highest BCUT2D eigenvalue weighted by molar-refractivity contribution is 6.19. The van der Waals surface area contributed by atoms with Crippen molar-refractivity contribution in [3.05, 3.63) is 119 Å². The molecule has 0 radical (unpaired) electrons. The zero-order chi connectivity index (χ0) is 52.5. The number of esters is 1. The first-order valence-electron chi connectivity index (χ1n) is 25.5. The lowest BCUT2D eigenvalue weighted by Gasteiger charge is -2.36. The van der Waals surface area contributed by atoms with Crippen molar-refractivity contribution in [1.29, 1.82) is 0 Å². The Labute approximate surface area is 427 Å². The zero-order valence-electron chi connectivity index (χ0n) is 43.3. The molecule has 2 amide bonds. The molecule has 1 unspecified atom stereocenters. The molecule has 15 heteroatoms. The number of ketones is 1. The van der Waals surface area contributed by atoms with Crippen LogP contribution in [0.15, 0.2) is 107 Å². The van der Waals surface area contributed by atoms with Crippen molar-refractivity contribution >= 4 is 51.4 Å². The molecule has 5 bridgehead atoms. The Balaban J connectivity index is 1.15. The largest absolute Gasteiger partial charge is 0.507 e. The molecule has 4 N–H and O–H groups in total. The number of ether oxygens (including phenoxy) is 3. The summed E-state index contributed by atoms with van der Waals surface area (Å²) in [5.74, 6) is -5.97. The fourth-order valence-electron chi connectivity index (χ4n) is 10.8. The second-order valence-corrected chi connectivity index (χ2v) is 21.1. The smallest absolute Gasteiger partial charge is 0.315 e. The first kappa shape index (κ1) is 52.5. The summed E-state index contributed by atoms with van der Waals surface area (Å²) in [4.78, 5) is 71.1. The first-order valence-corrected chi connectivity index (χ1v) is 25.5. The maximum absolute atomic E-state index is 14.9. The minimum absolute atomic E-state index is 0.0248. The lowest BCUT2D eigenvalue weighted by atomic mass is 9.80. The maximum Gasteiger partial charge on any atom is 0.315 e. The highest BCUT2D eigenvalue weighted by Crippen LogP contribution is 2.50. The van der Waals surface area contributed by atoms with Crippen LogP contribution in [-0.2, 0) is 23.9 Å². The number of likely N-dealkylation sites (tertiary alicyclic amines) is 1. The molecule has 4 aromatic rings. The number of nitrogens with one attached hydrogen (secondary N) is 1. The number of fused-ring (bicyclic) bond motifs is 13. The number of carbonyl (C=O) groups excluding carboxylic acids is 4. The van der Waals surface area contributed by atoms with Gasteiger partial charge in [0, 0.05) is 73.2 Å². The number of anilines is 3. The fraction of sp³-hybridized carbons (Fsp3) is 0.448. The molecule has 1 spiro atoms. The summed E-state index contributed by atoms with van der Waals surface area (Å²) in [7, 11) is 0. The Morgan fingerprint density at radius 1 is 0.904 bits per heavy atom. The number of carbonyl (C=O) groups is 4. The SMILES string of the molecule is C/C1=C/C=C/C(C)C[C@@H](C)[C@@H](O)[C@@H](C)[C@H](OC(=O)CC(=O)N(c2ccccc2)c2ccccc2)[C@H](C)C/C=C/O[C@@]2(C)Oc3c(C)c(O)c4c(O)c(c5c(c4c3C2=O)=NC2(CCN(CC(C)C)CC2)N=5)NC1=O. The predicted molar refractivity (Wildman–Crippen MR) is 279 cm³/mol. The number of piperidine rings is 1. The number of aliphatic hydroxyl groups excluding tert-OH is 1. The van der Waals surface area contributed by atoms with Gasteiger partial charge in [-0.3, -0.25) is 34.1 Å². The van der Waals surface area contributed by atoms with E-state index in [2.05, 4.69) is 24.1 Å². The number of benzene rings is 4. The Bertz CT molecular complexity index is 2960. The van der Waals surface area contributed by atoms with Crippen molar-refractivity contribution in [2.75, 3.05) is 29.9 Å². The molecule has 4 aromatic carbocycles. The number of nitrogens with zero attached hydrogens (tertiary/aromatic N) is 4. The minimum Gasteiger partial charge on any atom is -0.507 e. The van der Waals surface area contributed by atoms with E-state index in [0.717, 1.165) is 6.54 Å². The summed E-state index contributed by atoms with van der Waals surface area (Å²) in [6.07, 6.45) is 7.93. The summed E-state index contributed by atoms with van der Waals surface area (Å²) in [6.45, 7) is 19.0. The van der Waals surface area contributed by atoms with E-state index in [-0.39, 0.29) is 68.1 Å². The van der Waals surface area contributed by atoms with E-state index in [0.29, 0.717) is 55.2 Å². The van der Waals surface area contributed by atoms with Gasteiger partial charge in [0.05, 0.1) is 28.7 Å². The number of allylic oxidation sites excluding steroid dienone is 4. The third-order valence-electron chi connectivity index (χ3n) is 14.8. The third kappa shape index (κ3) is 10.7. The van der Waals surface area contributed by atoms with Crippen LogP contribution in [0.2, 0.25) is 0 Å². The van der Waals surface area contributed by atoms with E-state index in [1.165, 1.54) is 18.1 Å². The number of Topliss-reactive ketones (excluding diaryl/α,β-unsaturated/α-hetero) is 1. The van der Waals surface area contributed by atoms with Gasteiger partial charge < -0.3 is 39.7 Å². The average Bonchev–Trinajstić information content (AvgIpc) is 3.86. The van der Waals surface area contributed by atoms with Gasteiger partial charge in [-0.2, -0.15) is 0 Å². The van der Waals surface area contributed by atoms with Crippen LogP contribution in [0.25, 0.3) is 10.8 Å². The van der Waals surface area contributed by atoms with Gasteiger partial charge in [0.2, 0.25) is 5.91 Å². The van der Waals surface area contributed by atoms with E-state index in [1.807, 2.05) is 70.2 Å². The lowest BCUT2D eigenvalue weighted by Crippen LogP contribution is -2.43. The van der Waals surface area contributed by atoms with E-state index in [1.54, 1.807) is 56.3 Å². The lowest BCUT2D eigenvalue weighted by molar-refractivity contribution is -0.159. The molecule has 5 aliphatic rings. The van der Waals surface area contributed by atoms with E-state index in [4.69, 9.17) is 24.2 Å². The molecule has 1 fully saturated rings. The van der Waals surface area contributed by atoms with Crippen LogP contribution in [0.4, 0.5) is 17.1 Å². The van der Waals surface area contributed by atoms with Gasteiger partial charge >= 0.3 is 11.8 Å². The summed E-state index contributed by atoms with van der Waals surface area (Å²) in [5.41, 5.74) is 0.728. The van der Waals surface area contributed by atoms with Crippen LogP contribution in [-0.4, -0.2) is 87.1 Å². The van der Waals surface area contributed by atoms with Crippen LogP contribution in [0.1, 0.15) is 103 Å². The number of phenols is 2. The van der Waals surface area contributed by atoms with Gasteiger partial charge in [0.15, 0.2) is 11.4 Å². The van der Waals surface area contributed by atoms with Crippen molar-refractivity contribution in [2.45, 2.75) is 118 Å². The molecular formula is C58H69N5O10. The average molecular weight is 996 g/mol. The summed E-state index contributed by atoms with van der Waals surface area (Å²) in [6, 6.07) is 18.1. The number of aromatic hydroxyl groups is 2. The molecular weight excluding hydrogens is 927 g/mol. The number of amides is 2. The second-order valence-electron chi connectivity index (χ2n) is 21.1. The first-order chi connectivity index (χ1) is 34.7. The number of hydrogen-bond acceptors (Lipinski definition) is 13. The standard InChI is InChI=1S/C58H69N5O10/c1-33(2)32-62-27-25-58(26-28-62)60-47-44-45-51(67)39(8)54-46(44)55(69)57(9,73-54)71-29-17-20-35(4)53(72-43(65)31-42(64)63(40-21-12-10-13-22-40)41-23-14-11-15-24-41)38(7)50(66)37(6)30-34(3)18-16-19-36(5)56(70)59-49(52(45)68)48(47)61-58/h10-19,21-24,29,33-35,37-38,50,53,66-68H,20,25-28,30-32H2,1-9H3,(H,59,70)/b18-16+,29-17+,36-19-/t34?,35-,37-,38-,50-,53-,57+/m1/s1. The molecule has 0 aromatic heterocycles. The summed E-state index contributed by atoms with van der Waals surface area (Å²) in [5, 5.41) is 39.5. The minimum atomic E-state index is -1.94. The molecule has 5 heterocycles. The molecule has 15 nitrogen and oxygen atoms in total. The number of para-hydroxylation sites is 2. The quantitative estimate of drug-likeness (QED) is 0.0783.